The summed E-state index contributed by atoms with van der Waals surface area (Å²) in [5.74, 6) is -1.44. The second-order valence-corrected chi connectivity index (χ2v) is 7.82. The summed E-state index contributed by atoms with van der Waals surface area (Å²) < 4.78 is 1.23. The number of rotatable bonds is 6. The van der Waals surface area contributed by atoms with E-state index in [2.05, 4.69) is 5.32 Å². The third-order valence-corrected chi connectivity index (χ3v) is 5.54. The molecule has 2 aromatic heterocycles. The number of pyridine rings is 1. The molecule has 0 bridgehead atoms. The number of anilines is 2. The molecule has 2 heterocycles. The van der Waals surface area contributed by atoms with Gasteiger partial charge >= 0.3 is 12.0 Å². The minimum absolute atomic E-state index is 0.134. The first-order valence-corrected chi connectivity index (χ1v) is 10.0. The van der Waals surface area contributed by atoms with E-state index in [1.807, 2.05) is 6.07 Å². The predicted octanol–water partition coefficient (Wildman–Crippen LogP) is 3.80. The van der Waals surface area contributed by atoms with Gasteiger partial charge < -0.3 is 20.1 Å². The minimum atomic E-state index is -1.07. The second kappa shape index (κ2) is 9.02. The number of hydrogen-bond donors (Lipinski definition) is 3. The summed E-state index contributed by atoms with van der Waals surface area (Å²) in [6.07, 6.45) is 1.10. The third-order valence-electron chi connectivity index (χ3n) is 4.18. The largest absolute Gasteiger partial charge is 0.505 e. The SMILES string of the molecule is Cn1ccc(O)c(N(C(=O)NCCC(=O)O)c2ccc(-c3cccc(Cl)c3)s2)c1=O. The third kappa shape index (κ3) is 4.64. The van der Waals surface area contributed by atoms with Crippen LogP contribution in [0.4, 0.5) is 15.5 Å². The first-order valence-electron chi connectivity index (χ1n) is 8.82. The number of aliphatic carboxylic acids is 1. The van der Waals surface area contributed by atoms with Gasteiger partial charge in [-0.15, -0.1) is 11.3 Å². The van der Waals surface area contributed by atoms with Gasteiger partial charge in [0.25, 0.3) is 5.56 Å². The molecule has 0 aliphatic rings. The number of carboxylic acids is 1. The number of aromatic hydroxyl groups is 1. The van der Waals surface area contributed by atoms with Gasteiger partial charge in [-0.1, -0.05) is 23.7 Å². The van der Waals surface area contributed by atoms with Crippen molar-refractivity contribution in [3.05, 3.63) is 64.0 Å². The maximum absolute atomic E-state index is 12.9. The normalized spacial score (nSPS) is 10.6. The van der Waals surface area contributed by atoms with Gasteiger partial charge in [-0.3, -0.25) is 9.59 Å². The average molecular weight is 448 g/mol. The van der Waals surface area contributed by atoms with E-state index in [0.29, 0.717) is 10.0 Å². The number of halogens is 1. The molecule has 3 rings (SSSR count). The maximum atomic E-state index is 12.9. The lowest BCUT2D eigenvalue weighted by Gasteiger charge is -2.22. The van der Waals surface area contributed by atoms with Gasteiger partial charge in [0.15, 0.2) is 5.69 Å². The minimum Gasteiger partial charge on any atom is -0.505 e. The molecular weight excluding hydrogens is 430 g/mol. The van der Waals surface area contributed by atoms with Crippen LogP contribution in [-0.4, -0.2) is 33.3 Å². The fraction of sp³-hybridized carbons (Fsp3) is 0.150. The zero-order valence-electron chi connectivity index (χ0n) is 15.8. The standard InChI is InChI=1S/C20H18ClN3O5S/c1-23-10-8-14(25)18(19(23)28)24(20(29)22-9-7-17(26)27)16-6-5-15(30-16)12-3-2-4-13(21)11-12/h2-6,8,10-11,25H,7,9H2,1H3,(H,22,29)(H,26,27). The van der Waals surface area contributed by atoms with Crippen LogP contribution in [0.3, 0.4) is 0 Å². The number of thiophene rings is 1. The quantitative estimate of drug-likeness (QED) is 0.532. The number of nitrogens with zero attached hydrogens (tertiary/aromatic N) is 2. The molecular formula is C20H18ClN3O5S. The van der Waals surface area contributed by atoms with Crippen molar-refractivity contribution in [2.45, 2.75) is 6.42 Å². The molecule has 30 heavy (non-hydrogen) atoms. The number of carboxylic acid groups (broad SMARTS) is 1. The lowest BCUT2D eigenvalue weighted by atomic mass is 10.2. The Kier molecular flexibility index (Phi) is 6.43. The van der Waals surface area contributed by atoms with E-state index in [9.17, 15) is 19.5 Å². The van der Waals surface area contributed by atoms with E-state index < -0.39 is 17.6 Å². The Hall–Kier alpha value is -3.30. The highest BCUT2D eigenvalue weighted by Gasteiger charge is 2.26. The number of urea groups is 1. The second-order valence-electron chi connectivity index (χ2n) is 6.32. The molecule has 0 saturated carbocycles. The Labute approximate surface area is 180 Å². The number of carbonyl (C=O) groups excluding carboxylic acids is 1. The molecule has 156 valence electrons. The highest BCUT2D eigenvalue weighted by molar-refractivity contribution is 7.19. The van der Waals surface area contributed by atoms with E-state index >= 15 is 0 Å². The molecule has 0 spiro atoms. The van der Waals surface area contributed by atoms with Crippen LogP contribution in [0.2, 0.25) is 5.02 Å². The number of aryl methyl sites for hydroxylation is 1. The lowest BCUT2D eigenvalue weighted by Crippen LogP contribution is -2.40. The van der Waals surface area contributed by atoms with Crippen LogP contribution in [0.1, 0.15) is 6.42 Å². The van der Waals surface area contributed by atoms with Gasteiger partial charge in [0, 0.05) is 29.7 Å². The van der Waals surface area contributed by atoms with Gasteiger partial charge in [-0.25, -0.2) is 9.69 Å². The van der Waals surface area contributed by atoms with Crippen molar-refractivity contribution in [2.75, 3.05) is 11.4 Å². The van der Waals surface area contributed by atoms with Crippen LogP contribution >= 0.6 is 22.9 Å². The zero-order valence-corrected chi connectivity index (χ0v) is 17.4. The van der Waals surface area contributed by atoms with Crippen LogP contribution in [0.5, 0.6) is 5.75 Å². The summed E-state index contributed by atoms with van der Waals surface area (Å²) in [7, 11) is 1.50. The first-order chi connectivity index (χ1) is 14.3. The number of nitrogens with one attached hydrogen (secondary N) is 1. The summed E-state index contributed by atoms with van der Waals surface area (Å²) >= 11 is 7.28. The van der Waals surface area contributed by atoms with Crippen LogP contribution in [0, 0.1) is 0 Å². The topological polar surface area (TPSA) is 112 Å². The van der Waals surface area contributed by atoms with Crippen LogP contribution in [-0.2, 0) is 11.8 Å². The summed E-state index contributed by atoms with van der Waals surface area (Å²) in [6, 6.07) is 11.2. The average Bonchev–Trinajstić information content (AvgIpc) is 3.17. The van der Waals surface area contributed by atoms with Gasteiger partial charge in [0.1, 0.15) is 10.8 Å². The summed E-state index contributed by atoms with van der Waals surface area (Å²) in [4.78, 5) is 38.2. The van der Waals surface area contributed by atoms with Crippen molar-refractivity contribution in [1.82, 2.24) is 9.88 Å². The molecule has 0 aliphatic heterocycles. The maximum Gasteiger partial charge on any atom is 0.327 e. The van der Waals surface area contributed by atoms with Crippen LogP contribution in [0.15, 0.2) is 53.5 Å². The lowest BCUT2D eigenvalue weighted by molar-refractivity contribution is -0.136. The number of amides is 2. The summed E-state index contributed by atoms with van der Waals surface area (Å²) in [6.45, 7) is -0.134. The number of carbonyl (C=O) groups is 2. The number of aromatic nitrogens is 1. The Morgan fingerprint density at radius 3 is 2.70 bits per heavy atom. The molecule has 8 nitrogen and oxygen atoms in total. The smallest absolute Gasteiger partial charge is 0.327 e. The van der Waals surface area contributed by atoms with Gasteiger partial charge in [0.2, 0.25) is 0 Å². The van der Waals surface area contributed by atoms with Crippen LogP contribution in [0.25, 0.3) is 10.4 Å². The van der Waals surface area contributed by atoms with E-state index in [4.69, 9.17) is 16.7 Å². The monoisotopic (exact) mass is 447 g/mol. The molecule has 0 unspecified atom stereocenters. The highest BCUT2D eigenvalue weighted by atomic mass is 35.5. The van der Waals surface area contributed by atoms with Crippen molar-refractivity contribution < 1.29 is 19.8 Å². The Morgan fingerprint density at radius 1 is 1.23 bits per heavy atom. The van der Waals surface area contributed by atoms with Crippen molar-refractivity contribution in [1.29, 1.82) is 0 Å². The number of hydrogen-bond acceptors (Lipinski definition) is 5. The van der Waals surface area contributed by atoms with Crippen molar-refractivity contribution in [3.63, 3.8) is 0 Å². The van der Waals surface area contributed by atoms with Crippen molar-refractivity contribution in [2.24, 2.45) is 7.05 Å². The summed E-state index contributed by atoms with van der Waals surface area (Å²) in [5.41, 5.74) is 0.0172. The van der Waals surface area contributed by atoms with Gasteiger partial charge in [-0.2, -0.15) is 0 Å². The molecule has 3 aromatic rings. The first kappa shape index (κ1) is 21.4. The molecule has 0 fully saturated rings. The van der Waals surface area contributed by atoms with E-state index in [1.165, 1.54) is 35.2 Å². The van der Waals surface area contributed by atoms with Gasteiger partial charge in [-0.05, 0) is 35.9 Å². The number of benzene rings is 1. The molecule has 0 atom stereocenters. The van der Waals surface area contributed by atoms with Crippen molar-refractivity contribution in [3.8, 4) is 16.2 Å². The Balaban J connectivity index is 2.05. The zero-order chi connectivity index (χ0) is 21.8. The molecule has 0 aliphatic carbocycles. The molecule has 1 aromatic carbocycles. The fourth-order valence-corrected chi connectivity index (χ4v) is 3.93. The van der Waals surface area contributed by atoms with Gasteiger partial charge in [0.05, 0.1) is 6.42 Å². The van der Waals surface area contributed by atoms with E-state index in [0.717, 1.165) is 15.3 Å². The Morgan fingerprint density at radius 2 is 2.00 bits per heavy atom. The molecule has 3 N–H and O–H groups in total. The van der Waals surface area contributed by atoms with E-state index in [1.54, 1.807) is 30.3 Å². The molecule has 0 radical (unpaired) electrons. The summed E-state index contributed by atoms with van der Waals surface area (Å²) in [5, 5.41) is 22.5. The van der Waals surface area contributed by atoms with E-state index in [-0.39, 0.29) is 24.4 Å². The fourth-order valence-electron chi connectivity index (χ4n) is 2.73. The van der Waals surface area contributed by atoms with Crippen LogP contribution < -0.4 is 15.8 Å². The Bertz CT molecular complexity index is 1160. The molecule has 0 saturated heterocycles. The molecule has 2 amide bonds. The highest BCUT2D eigenvalue weighted by Crippen LogP contribution is 2.39. The predicted molar refractivity (Wildman–Crippen MR) is 116 cm³/mol. The van der Waals surface area contributed by atoms with Crippen molar-refractivity contribution >= 4 is 45.6 Å². The molecule has 10 heteroatoms.